The molecule has 112 valence electrons. The lowest BCUT2D eigenvalue weighted by molar-refractivity contribution is -0.121. The highest BCUT2D eigenvalue weighted by atomic mass is 35.5. The summed E-state index contributed by atoms with van der Waals surface area (Å²) in [5, 5.41) is 3.46. The summed E-state index contributed by atoms with van der Waals surface area (Å²) in [5.41, 5.74) is 0.925. The van der Waals surface area contributed by atoms with Crippen molar-refractivity contribution in [2.45, 2.75) is 24.4 Å². The van der Waals surface area contributed by atoms with E-state index in [0.717, 1.165) is 30.8 Å². The van der Waals surface area contributed by atoms with Gasteiger partial charge >= 0.3 is 0 Å². The van der Waals surface area contributed by atoms with E-state index in [1.807, 2.05) is 0 Å². The molecule has 1 aromatic heterocycles. The first-order valence-corrected chi connectivity index (χ1v) is 7.40. The number of halogens is 1. The maximum absolute atomic E-state index is 11.4. The van der Waals surface area contributed by atoms with Gasteiger partial charge in [0.25, 0.3) is 0 Å². The molecule has 0 aromatic carbocycles. The third-order valence-electron chi connectivity index (χ3n) is 4.57. The molecule has 0 saturated carbocycles. The van der Waals surface area contributed by atoms with Gasteiger partial charge < -0.3 is 14.8 Å². The van der Waals surface area contributed by atoms with Crippen molar-refractivity contribution < 1.29 is 14.3 Å². The highest BCUT2D eigenvalue weighted by molar-refractivity contribution is 6.29. The molecule has 2 saturated heterocycles. The predicted octanol–water partition coefficient (Wildman–Crippen LogP) is 1.14. The summed E-state index contributed by atoms with van der Waals surface area (Å²) in [6, 6.07) is 1.84. The number of hydrogen-bond donors (Lipinski definition) is 1. The first kappa shape index (κ1) is 13.2. The van der Waals surface area contributed by atoms with Gasteiger partial charge in [-0.1, -0.05) is 11.6 Å². The predicted molar refractivity (Wildman–Crippen MR) is 75.7 cm³/mol. The summed E-state index contributed by atoms with van der Waals surface area (Å²) in [6.45, 7) is 2.26. The number of pyridine rings is 1. The van der Waals surface area contributed by atoms with E-state index in [1.165, 1.54) is 0 Å². The number of methoxy groups -OCH3 is 1. The Morgan fingerprint density at radius 1 is 1.57 bits per heavy atom. The van der Waals surface area contributed by atoms with Gasteiger partial charge in [-0.15, -0.1) is 0 Å². The Bertz CT molecular complexity index is 616. The van der Waals surface area contributed by atoms with Crippen LogP contribution in [0.5, 0.6) is 11.6 Å². The number of amides is 1. The van der Waals surface area contributed by atoms with Gasteiger partial charge in [-0.05, 0) is 6.42 Å². The largest absolute Gasteiger partial charge is 0.491 e. The molecular formula is C14H16ClN3O3. The number of carbonyl (C=O) groups excluding carboxylic acids is 1. The van der Waals surface area contributed by atoms with Crippen LogP contribution in [0.3, 0.4) is 0 Å². The molecule has 1 aromatic rings. The summed E-state index contributed by atoms with van der Waals surface area (Å²) in [4.78, 5) is 17.9. The number of hydrogen-bond acceptors (Lipinski definition) is 5. The van der Waals surface area contributed by atoms with E-state index >= 15 is 0 Å². The highest BCUT2D eigenvalue weighted by Gasteiger charge is 2.51. The third-order valence-corrected chi connectivity index (χ3v) is 4.76. The topological polar surface area (TPSA) is 63.7 Å². The summed E-state index contributed by atoms with van der Waals surface area (Å²) >= 11 is 5.96. The second-order valence-corrected chi connectivity index (χ2v) is 6.31. The number of fused-ring (bicyclic) bond motifs is 1. The van der Waals surface area contributed by atoms with E-state index in [9.17, 15) is 4.79 Å². The Morgan fingerprint density at radius 2 is 2.38 bits per heavy atom. The minimum atomic E-state index is -0.0348. The molecule has 1 atom stereocenters. The highest BCUT2D eigenvalue weighted by Crippen LogP contribution is 2.46. The molecule has 1 amide bonds. The van der Waals surface area contributed by atoms with Gasteiger partial charge in [-0.2, -0.15) is 0 Å². The normalized spacial score (nSPS) is 26.2. The minimum absolute atomic E-state index is 0.0348. The maximum Gasteiger partial charge on any atom is 0.223 e. The first-order valence-electron chi connectivity index (χ1n) is 7.02. The molecule has 0 bridgehead atoms. The van der Waals surface area contributed by atoms with Gasteiger partial charge in [0, 0.05) is 25.6 Å². The molecule has 3 aliphatic heterocycles. The average Bonchev–Trinajstić information content (AvgIpc) is 2.99. The van der Waals surface area contributed by atoms with Crippen LogP contribution in [-0.2, 0) is 4.79 Å². The Labute approximate surface area is 127 Å². The number of nitrogens with one attached hydrogen (secondary N) is 1. The average molecular weight is 310 g/mol. The second kappa shape index (κ2) is 4.48. The van der Waals surface area contributed by atoms with Crippen LogP contribution in [0.4, 0.5) is 0 Å². The van der Waals surface area contributed by atoms with E-state index in [1.54, 1.807) is 13.2 Å². The smallest absolute Gasteiger partial charge is 0.223 e. The quantitative estimate of drug-likeness (QED) is 0.830. The summed E-state index contributed by atoms with van der Waals surface area (Å²) in [5.74, 6) is 1.42. The second-order valence-electron chi connectivity index (χ2n) is 5.93. The third kappa shape index (κ3) is 1.97. The zero-order valence-corrected chi connectivity index (χ0v) is 12.4. The van der Waals surface area contributed by atoms with Crippen molar-refractivity contribution in [3.8, 4) is 11.6 Å². The van der Waals surface area contributed by atoms with E-state index in [4.69, 9.17) is 21.1 Å². The van der Waals surface area contributed by atoms with Gasteiger partial charge in [0.1, 0.15) is 17.5 Å². The van der Waals surface area contributed by atoms with Gasteiger partial charge in [0.05, 0.1) is 24.3 Å². The molecule has 21 heavy (non-hydrogen) atoms. The van der Waals surface area contributed by atoms with Crippen LogP contribution < -0.4 is 14.8 Å². The zero-order valence-electron chi connectivity index (χ0n) is 11.7. The molecule has 7 heteroatoms. The van der Waals surface area contributed by atoms with Crippen molar-refractivity contribution in [1.82, 2.24) is 15.2 Å². The van der Waals surface area contributed by atoms with Crippen molar-refractivity contribution in [3.63, 3.8) is 0 Å². The van der Waals surface area contributed by atoms with Crippen LogP contribution in [-0.4, -0.2) is 48.1 Å². The summed E-state index contributed by atoms with van der Waals surface area (Å²) in [7, 11) is 1.59. The van der Waals surface area contributed by atoms with Gasteiger partial charge in [-0.25, -0.2) is 4.98 Å². The molecule has 1 N–H and O–H groups in total. The van der Waals surface area contributed by atoms with Crippen molar-refractivity contribution in [1.29, 1.82) is 0 Å². The standard InChI is InChI=1S/C14H16ClN3O3/c1-20-13-12-8(5-21-9(12)4-10(15)16-13)18-6-14(7-18)3-2-11(19)17-14/h4,8H,2-3,5-7H2,1H3,(H,17,19)/t8-/m1/s1. The fourth-order valence-electron chi connectivity index (χ4n) is 3.56. The molecule has 4 heterocycles. The number of rotatable bonds is 2. The minimum Gasteiger partial charge on any atom is -0.491 e. The molecule has 3 aliphatic rings. The van der Waals surface area contributed by atoms with Gasteiger partial charge in [-0.3, -0.25) is 9.69 Å². The molecule has 6 nitrogen and oxygen atoms in total. The lowest BCUT2D eigenvalue weighted by atomic mass is 9.86. The Hall–Kier alpha value is -1.53. The van der Waals surface area contributed by atoms with Crippen LogP contribution in [0, 0.1) is 0 Å². The molecule has 0 unspecified atom stereocenters. The van der Waals surface area contributed by atoms with Crippen LogP contribution in [0.25, 0.3) is 0 Å². The van der Waals surface area contributed by atoms with Crippen LogP contribution in [0.15, 0.2) is 6.07 Å². The summed E-state index contributed by atoms with van der Waals surface area (Å²) in [6.07, 6.45) is 1.55. The first-order chi connectivity index (χ1) is 10.1. The van der Waals surface area contributed by atoms with E-state index in [0.29, 0.717) is 24.1 Å². The Kier molecular flexibility index (Phi) is 2.81. The Balaban J connectivity index is 1.57. The van der Waals surface area contributed by atoms with Crippen molar-refractivity contribution >= 4 is 17.5 Å². The van der Waals surface area contributed by atoms with Crippen LogP contribution in [0.1, 0.15) is 24.4 Å². The number of ether oxygens (including phenoxy) is 2. The maximum atomic E-state index is 11.4. The van der Waals surface area contributed by atoms with Gasteiger partial charge in [0.2, 0.25) is 11.8 Å². The molecule has 0 radical (unpaired) electrons. The van der Waals surface area contributed by atoms with Crippen molar-refractivity contribution in [3.05, 3.63) is 16.8 Å². The molecule has 2 fully saturated rings. The van der Waals surface area contributed by atoms with Crippen molar-refractivity contribution in [2.75, 3.05) is 26.8 Å². The fraction of sp³-hybridized carbons (Fsp3) is 0.571. The fourth-order valence-corrected chi connectivity index (χ4v) is 3.74. The molecular weight excluding hydrogens is 294 g/mol. The van der Waals surface area contributed by atoms with Gasteiger partial charge in [0.15, 0.2) is 0 Å². The lowest BCUT2D eigenvalue weighted by Gasteiger charge is -2.50. The van der Waals surface area contributed by atoms with Crippen LogP contribution >= 0.6 is 11.6 Å². The van der Waals surface area contributed by atoms with Crippen LogP contribution in [0.2, 0.25) is 5.15 Å². The van der Waals surface area contributed by atoms with E-state index in [2.05, 4.69) is 15.2 Å². The Morgan fingerprint density at radius 3 is 3.05 bits per heavy atom. The number of nitrogens with zero attached hydrogens (tertiary/aromatic N) is 2. The van der Waals surface area contributed by atoms with E-state index in [-0.39, 0.29) is 17.5 Å². The zero-order chi connectivity index (χ0) is 14.6. The molecule has 4 rings (SSSR count). The number of likely N-dealkylation sites (tertiary alicyclic amines) is 1. The summed E-state index contributed by atoms with van der Waals surface area (Å²) < 4.78 is 11.1. The van der Waals surface area contributed by atoms with E-state index < -0.39 is 0 Å². The lowest BCUT2D eigenvalue weighted by Crippen LogP contribution is -2.67. The SMILES string of the molecule is COc1nc(Cl)cc2c1[C@H](N1CC3(CCC(=O)N3)C1)CO2. The number of aromatic nitrogens is 1. The molecule has 0 aliphatic carbocycles. The van der Waals surface area contributed by atoms with Crippen molar-refractivity contribution in [2.24, 2.45) is 0 Å². The monoisotopic (exact) mass is 309 g/mol. The molecule has 1 spiro atoms. The number of carbonyl (C=O) groups is 1.